The van der Waals surface area contributed by atoms with Gasteiger partial charge in [0.15, 0.2) is 0 Å². The zero-order valence-corrected chi connectivity index (χ0v) is 8.41. The second kappa shape index (κ2) is 5.72. The highest BCUT2D eigenvalue weighted by atomic mass is 16.5. The molecule has 0 unspecified atom stereocenters. The van der Waals surface area contributed by atoms with Crippen LogP contribution in [0.15, 0.2) is 0 Å². The summed E-state index contributed by atoms with van der Waals surface area (Å²) in [7, 11) is 1.63. The molecule has 0 aliphatic carbocycles. The Hall–Kier alpha value is -0.940. The van der Waals surface area contributed by atoms with Crippen LogP contribution in [0, 0.1) is 0 Å². The lowest BCUT2D eigenvalue weighted by Gasteiger charge is -2.13. The van der Waals surface area contributed by atoms with E-state index in [2.05, 4.69) is 5.32 Å². The Morgan fingerprint density at radius 2 is 1.93 bits per heavy atom. The van der Waals surface area contributed by atoms with Crippen LogP contribution in [0.3, 0.4) is 0 Å². The fourth-order valence-corrected chi connectivity index (χ4v) is 1.36. The molecule has 0 bridgehead atoms. The van der Waals surface area contributed by atoms with Crippen LogP contribution in [0.5, 0.6) is 0 Å². The molecule has 1 fully saturated rings. The molecule has 2 amide bonds. The topological polar surface area (TPSA) is 58.6 Å². The van der Waals surface area contributed by atoms with Crippen LogP contribution in [0.4, 0.5) is 0 Å². The van der Waals surface area contributed by atoms with E-state index in [0.717, 1.165) is 6.54 Å². The maximum absolute atomic E-state index is 11.2. The number of methoxy groups -OCH3 is 1. The van der Waals surface area contributed by atoms with Crippen molar-refractivity contribution in [2.45, 2.75) is 12.8 Å². The third kappa shape index (κ3) is 3.08. The summed E-state index contributed by atoms with van der Waals surface area (Å²) in [5.74, 6) is -0.105. The highest BCUT2D eigenvalue weighted by Gasteiger charge is 2.27. The third-order valence-electron chi connectivity index (χ3n) is 2.15. The van der Waals surface area contributed by atoms with Crippen LogP contribution in [-0.2, 0) is 14.3 Å². The van der Waals surface area contributed by atoms with Crippen molar-refractivity contribution in [2.75, 3.05) is 33.4 Å². The van der Waals surface area contributed by atoms with E-state index in [1.807, 2.05) is 0 Å². The highest BCUT2D eigenvalue weighted by Crippen LogP contribution is 2.10. The van der Waals surface area contributed by atoms with Gasteiger partial charge in [-0.05, 0) is 0 Å². The lowest BCUT2D eigenvalue weighted by molar-refractivity contribution is -0.138. The van der Waals surface area contributed by atoms with Crippen LogP contribution in [0.25, 0.3) is 0 Å². The fourth-order valence-electron chi connectivity index (χ4n) is 1.36. The molecule has 1 heterocycles. The summed E-state index contributed by atoms with van der Waals surface area (Å²) < 4.78 is 4.85. The fraction of sp³-hybridized carbons (Fsp3) is 0.778. The van der Waals surface area contributed by atoms with Gasteiger partial charge < -0.3 is 10.1 Å². The molecule has 0 aromatic rings. The van der Waals surface area contributed by atoms with Crippen LogP contribution in [0.2, 0.25) is 0 Å². The Morgan fingerprint density at radius 1 is 1.29 bits per heavy atom. The van der Waals surface area contributed by atoms with Crippen molar-refractivity contribution in [2.24, 2.45) is 0 Å². The normalized spacial score (nSPS) is 16.8. The molecule has 80 valence electrons. The number of hydrogen-bond donors (Lipinski definition) is 1. The minimum absolute atomic E-state index is 0.0523. The second-order valence-electron chi connectivity index (χ2n) is 3.18. The number of ether oxygens (including phenoxy) is 1. The molecule has 14 heavy (non-hydrogen) atoms. The van der Waals surface area contributed by atoms with Crippen molar-refractivity contribution in [3.05, 3.63) is 0 Å². The standard InChI is InChI=1S/C9H16N2O3/c1-14-7-5-10-4-6-11-8(12)2-3-9(11)13/h10H,2-7H2,1H3. The van der Waals surface area contributed by atoms with Crippen molar-refractivity contribution in [1.82, 2.24) is 10.2 Å². The molecule has 0 aromatic heterocycles. The van der Waals surface area contributed by atoms with E-state index in [1.165, 1.54) is 4.90 Å². The molecule has 1 aliphatic rings. The Morgan fingerprint density at radius 3 is 2.50 bits per heavy atom. The molecule has 1 aliphatic heterocycles. The number of nitrogens with one attached hydrogen (secondary N) is 1. The van der Waals surface area contributed by atoms with Crippen LogP contribution in [0.1, 0.15) is 12.8 Å². The van der Waals surface area contributed by atoms with Gasteiger partial charge in [-0.15, -0.1) is 0 Å². The molecule has 1 N–H and O–H groups in total. The van der Waals surface area contributed by atoms with Gasteiger partial charge in [0.05, 0.1) is 6.61 Å². The average Bonchev–Trinajstić information content (AvgIpc) is 2.48. The van der Waals surface area contributed by atoms with Crippen molar-refractivity contribution in [1.29, 1.82) is 0 Å². The molecular formula is C9H16N2O3. The predicted octanol–water partition coefficient (Wildman–Crippen LogP) is -0.629. The number of rotatable bonds is 6. The van der Waals surface area contributed by atoms with Gasteiger partial charge in [-0.1, -0.05) is 0 Å². The number of carbonyl (C=O) groups excluding carboxylic acids is 2. The number of hydrogen-bond acceptors (Lipinski definition) is 4. The van der Waals surface area contributed by atoms with Crippen LogP contribution in [-0.4, -0.2) is 50.1 Å². The first-order valence-electron chi connectivity index (χ1n) is 4.78. The number of carbonyl (C=O) groups is 2. The third-order valence-corrected chi connectivity index (χ3v) is 2.15. The lowest BCUT2D eigenvalue weighted by Crippen LogP contribution is -2.36. The maximum Gasteiger partial charge on any atom is 0.229 e. The SMILES string of the molecule is COCCNCCN1C(=O)CCC1=O. The monoisotopic (exact) mass is 200 g/mol. The summed E-state index contributed by atoms with van der Waals surface area (Å²) in [5.41, 5.74) is 0. The Kier molecular flexibility index (Phi) is 4.55. The van der Waals surface area contributed by atoms with E-state index in [0.29, 0.717) is 32.5 Å². The molecule has 0 atom stereocenters. The summed E-state index contributed by atoms with van der Waals surface area (Å²) in [4.78, 5) is 23.6. The molecule has 5 heteroatoms. The van der Waals surface area contributed by atoms with Gasteiger partial charge in [-0.3, -0.25) is 14.5 Å². The smallest absolute Gasteiger partial charge is 0.229 e. The summed E-state index contributed by atoms with van der Waals surface area (Å²) in [6.45, 7) is 2.50. The van der Waals surface area contributed by atoms with Crippen molar-refractivity contribution >= 4 is 11.8 Å². The van der Waals surface area contributed by atoms with Crippen molar-refractivity contribution < 1.29 is 14.3 Å². The van der Waals surface area contributed by atoms with Gasteiger partial charge in [0.1, 0.15) is 0 Å². The van der Waals surface area contributed by atoms with Gasteiger partial charge in [-0.25, -0.2) is 0 Å². The molecule has 0 saturated carbocycles. The summed E-state index contributed by atoms with van der Waals surface area (Å²) in [6, 6.07) is 0. The zero-order chi connectivity index (χ0) is 10.4. The van der Waals surface area contributed by atoms with E-state index in [9.17, 15) is 9.59 Å². The Balaban J connectivity index is 2.11. The molecule has 0 radical (unpaired) electrons. The van der Waals surface area contributed by atoms with Gasteiger partial charge in [-0.2, -0.15) is 0 Å². The first-order valence-corrected chi connectivity index (χ1v) is 4.78. The molecular weight excluding hydrogens is 184 g/mol. The summed E-state index contributed by atoms with van der Waals surface area (Å²) >= 11 is 0. The number of imide groups is 1. The van der Waals surface area contributed by atoms with Crippen molar-refractivity contribution in [3.8, 4) is 0 Å². The van der Waals surface area contributed by atoms with Crippen LogP contribution >= 0.6 is 0 Å². The van der Waals surface area contributed by atoms with E-state index >= 15 is 0 Å². The second-order valence-corrected chi connectivity index (χ2v) is 3.18. The van der Waals surface area contributed by atoms with Gasteiger partial charge in [0.2, 0.25) is 11.8 Å². The number of amides is 2. The maximum atomic E-state index is 11.2. The molecule has 1 rings (SSSR count). The van der Waals surface area contributed by atoms with Crippen LogP contribution < -0.4 is 5.32 Å². The minimum Gasteiger partial charge on any atom is -0.383 e. The van der Waals surface area contributed by atoms with E-state index < -0.39 is 0 Å². The highest BCUT2D eigenvalue weighted by molar-refractivity contribution is 6.01. The van der Waals surface area contributed by atoms with Gasteiger partial charge in [0, 0.05) is 39.6 Å². The first-order chi connectivity index (χ1) is 6.75. The molecule has 1 saturated heterocycles. The summed E-state index contributed by atoms with van der Waals surface area (Å²) in [6.07, 6.45) is 0.744. The van der Waals surface area contributed by atoms with Gasteiger partial charge in [0.25, 0.3) is 0 Å². The quantitative estimate of drug-likeness (QED) is 0.458. The van der Waals surface area contributed by atoms with Gasteiger partial charge >= 0.3 is 0 Å². The zero-order valence-electron chi connectivity index (χ0n) is 8.41. The Labute approximate surface area is 83.4 Å². The summed E-state index contributed by atoms with van der Waals surface area (Å²) in [5, 5.41) is 3.08. The molecule has 0 aromatic carbocycles. The largest absolute Gasteiger partial charge is 0.383 e. The van der Waals surface area contributed by atoms with E-state index in [1.54, 1.807) is 7.11 Å². The predicted molar refractivity (Wildman–Crippen MR) is 50.7 cm³/mol. The number of likely N-dealkylation sites (tertiary alicyclic amines) is 1. The van der Waals surface area contributed by atoms with E-state index in [4.69, 9.17) is 4.74 Å². The molecule has 5 nitrogen and oxygen atoms in total. The Bertz CT molecular complexity index is 202. The lowest BCUT2D eigenvalue weighted by atomic mass is 10.4. The number of nitrogens with zero attached hydrogens (tertiary/aromatic N) is 1. The first kappa shape index (κ1) is 11.1. The average molecular weight is 200 g/mol. The minimum atomic E-state index is -0.0523. The van der Waals surface area contributed by atoms with E-state index in [-0.39, 0.29) is 11.8 Å². The molecule has 0 spiro atoms. The van der Waals surface area contributed by atoms with Crippen molar-refractivity contribution in [3.63, 3.8) is 0 Å².